The Bertz CT molecular complexity index is 252. The Kier molecular flexibility index (Phi) is 4.76. The minimum absolute atomic E-state index is 0.366. The van der Waals surface area contributed by atoms with Gasteiger partial charge in [-0.2, -0.15) is 0 Å². The van der Waals surface area contributed by atoms with Gasteiger partial charge in [-0.05, 0) is 46.7 Å². The standard InChI is InChI=1S/C13H20N/c1-12(14(2)3)8-7-11-13-9-5-4-6-10-13/h4,9,12H,5-6,10-11H2,1-3H3. The molecule has 1 unspecified atom stereocenters. The van der Waals surface area contributed by atoms with Gasteiger partial charge >= 0.3 is 0 Å². The third-order valence-corrected chi connectivity index (χ3v) is 2.64. The summed E-state index contributed by atoms with van der Waals surface area (Å²) >= 11 is 0. The van der Waals surface area contributed by atoms with Crippen molar-refractivity contribution in [1.82, 2.24) is 4.90 Å². The molecule has 1 nitrogen and oxygen atoms in total. The van der Waals surface area contributed by atoms with E-state index in [1.54, 1.807) is 0 Å². The van der Waals surface area contributed by atoms with E-state index in [1.165, 1.54) is 18.4 Å². The molecule has 1 aliphatic carbocycles. The van der Waals surface area contributed by atoms with E-state index in [9.17, 15) is 0 Å². The zero-order chi connectivity index (χ0) is 10.4. The molecular formula is C13H20N. The van der Waals surface area contributed by atoms with Crippen LogP contribution in [0.4, 0.5) is 0 Å². The van der Waals surface area contributed by atoms with Gasteiger partial charge in [0.1, 0.15) is 0 Å². The second kappa shape index (κ2) is 5.88. The first kappa shape index (κ1) is 11.3. The lowest BCUT2D eigenvalue weighted by Gasteiger charge is -2.13. The van der Waals surface area contributed by atoms with Gasteiger partial charge in [-0.15, -0.1) is 0 Å². The van der Waals surface area contributed by atoms with Crippen molar-refractivity contribution in [2.75, 3.05) is 14.1 Å². The Hall–Kier alpha value is -0.740. The lowest BCUT2D eigenvalue weighted by molar-refractivity contribution is 0.373. The third kappa shape index (κ3) is 3.98. The zero-order valence-corrected chi connectivity index (χ0v) is 9.51. The molecule has 1 radical (unpaired) electrons. The van der Waals surface area contributed by atoms with Crippen LogP contribution in [0.2, 0.25) is 0 Å². The van der Waals surface area contributed by atoms with E-state index in [4.69, 9.17) is 0 Å². The summed E-state index contributed by atoms with van der Waals surface area (Å²) in [4.78, 5) is 2.13. The van der Waals surface area contributed by atoms with Crippen LogP contribution < -0.4 is 0 Å². The number of hydrogen-bond donors (Lipinski definition) is 0. The second-order valence-electron chi connectivity index (χ2n) is 4.06. The van der Waals surface area contributed by atoms with Crippen LogP contribution in [0.3, 0.4) is 0 Å². The van der Waals surface area contributed by atoms with E-state index in [2.05, 4.69) is 50.3 Å². The maximum Gasteiger partial charge on any atom is 0.0681 e. The van der Waals surface area contributed by atoms with Crippen LogP contribution in [0.1, 0.15) is 32.6 Å². The van der Waals surface area contributed by atoms with Crippen molar-refractivity contribution in [1.29, 1.82) is 0 Å². The molecule has 0 amide bonds. The Morgan fingerprint density at radius 3 is 2.86 bits per heavy atom. The van der Waals surface area contributed by atoms with Crippen molar-refractivity contribution >= 4 is 0 Å². The summed E-state index contributed by atoms with van der Waals surface area (Å²) in [6, 6.07) is 0.366. The summed E-state index contributed by atoms with van der Waals surface area (Å²) < 4.78 is 0. The van der Waals surface area contributed by atoms with E-state index in [1.807, 2.05) is 0 Å². The maximum absolute atomic E-state index is 3.26. The zero-order valence-electron chi connectivity index (χ0n) is 9.51. The van der Waals surface area contributed by atoms with Gasteiger partial charge < -0.3 is 0 Å². The molecule has 1 atom stereocenters. The van der Waals surface area contributed by atoms with Crippen molar-refractivity contribution in [3.63, 3.8) is 0 Å². The van der Waals surface area contributed by atoms with Crippen molar-refractivity contribution in [2.45, 2.75) is 38.6 Å². The average molecular weight is 190 g/mol. The van der Waals surface area contributed by atoms with Gasteiger partial charge in [-0.25, -0.2) is 0 Å². The van der Waals surface area contributed by atoms with E-state index in [0.29, 0.717) is 6.04 Å². The van der Waals surface area contributed by atoms with Crippen LogP contribution in [0.5, 0.6) is 0 Å². The SMILES string of the molecule is CC(C#CCC1=CC[CH]CC1)N(C)C. The van der Waals surface area contributed by atoms with Gasteiger partial charge in [0.15, 0.2) is 0 Å². The number of allylic oxidation sites excluding steroid dienone is 2. The molecule has 1 aliphatic rings. The summed E-state index contributed by atoms with van der Waals surface area (Å²) in [6.45, 7) is 2.13. The predicted molar refractivity (Wildman–Crippen MR) is 61.8 cm³/mol. The number of nitrogens with zero attached hydrogens (tertiary/aromatic N) is 1. The van der Waals surface area contributed by atoms with Crippen LogP contribution in [-0.4, -0.2) is 25.0 Å². The monoisotopic (exact) mass is 190 g/mol. The maximum atomic E-state index is 3.26. The molecule has 0 saturated heterocycles. The Morgan fingerprint density at radius 1 is 1.50 bits per heavy atom. The van der Waals surface area contributed by atoms with Crippen LogP contribution in [0.15, 0.2) is 11.6 Å². The molecule has 0 aliphatic heterocycles. The van der Waals surface area contributed by atoms with Gasteiger partial charge in [0, 0.05) is 6.42 Å². The van der Waals surface area contributed by atoms with Crippen molar-refractivity contribution in [2.24, 2.45) is 0 Å². The molecule has 0 N–H and O–H groups in total. The number of rotatable bonds is 2. The molecular weight excluding hydrogens is 170 g/mol. The molecule has 77 valence electrons. The lowest BCUT2D eigenvalue weighted by Crippen LogP contribution is -2.22. The molecule has 0 fully saturated rings. The van der Waals surface area contributed by atoms with Gasteiger partial charge in [0.25, 0.3) is 0 Å². The van der Waals surface area contributed by atoms with E-state index in [0.717, 1.165) is 12.8 Å². The first-order valence-corrected chi connectivity index (χ1v) is 5.34. The quantitative estimate of drug-likeness (QED) is 0.478. The molecule has 0 heterocycles. The minimum Gasteiger partial charge on any atom is -0.296 e. The van der Waals surface area contributed by atoms with Gasteiger partial charge in [-0.3, -0.25) is 4.90 Å². The van der Waals surface area contributed by atoms with Gasteiger partial charge in [0.2, 0.25) is 0 Å². The van der Waals surface area contributed by atoms with E-state index < -0.39 is 0 Å². The molecule has 1 heteroatoms. The van der Waals surface area contributed by atoms with Crippen LogP contribution >= 0.6 is 0 Å². The summed E-state index contributed by atoms with van der Waals surface area (Å²) in [6.07, 6.45) is 9.20. The highest BCUT2D eigenvalue weighted by Gasteiger charge is 2.02. The summed E-state index contributed by atoms with van der Waals surface area (Å²) in [7, 11) is 4.13. The highest BCUT2D eigenvalue weighted by molar-refractivity contribution is 5.18. The van der Waals surface area contributed by atoms with Crippen LogP contribution in [0, 0.1) is 18.3 Å². The summed E-state index contributed by atoms with van der Waals surface area (Å²) in [5.41, 5.74) is 1.52. The van der Waals surface area contributed by atoms with Crippen molar-refractivity contribution in [3.05, 3.63) is 18.1 Å². The van der Waals surface area contributed by atoms with Crippen molar-refractivity contribution in [3.8, 4) is 11.8 Å². The van der Waals surface area contributed by atoms with E-state index in [-0.39, 0.29) is 0 Å². The molecule has 0 aromatic heterocycles. The Labute approximate surface area is 88.2 Å². The molecule has 0 aromatic rings. The molecule has 0 bridgehead atoms. The highest BCUT2D eigenvalue weighted by Crippen LogP contribution is 2.18. The normalized spacial score (nSPS) is 18.4. The number of hydrogen-bond acceptors (Lipinski definition) is 1. The fourth-order valence-corrected chi connectivity index (χ4v) is 1.36. The molecule has 14 heavy (non-hydrogen) atoms. The predicted octanol–water partition coefficient (Wildman–Crippen LogP) is 2.64. The minimum atomic E-state index is 0.366. The molecule has 0 aromatic carbocycles. The summed E-state index contributed by atoms with van der Waals surface area (Å²) in [5.74, 6) is 6.52. The summed E-state index contributed by atoms with van der Waals surface area (Å²) in [5, 5.41) is 0. The fourth-order valence-electron chi connectivity index (χ4n) is 1.36. The van der Waals surface area contributed by atoms with Gasteiger partial charge in [0.05, 0.1) is 6.04 Å². The molecule has 0 spiro atoms. The fraction of sp³-hybridized carbons (Fsp3) is 0.615. The Morgan fingerprint density at radius 2 is 2.29 bits per heavy atom. The largest absolute Gasteiger partial charge is 0.296 e. The van der Waals surface area contributed by atoms with Gasteiger partial charge in [-0.1, -0.05) is 23.5 Å². The average Bonchev–Trinajstić information content (AvgIpc) is 2.19. The van der Waals surface area contributed by atoms with E-state index >= 15 is 0 Å². The van der Waals surface area contributed by atoms with Crippen LogP contribution in [0.25, 0.3) is 0 Å². The highest BCUT2D eigenvalue weighted by atomic mass is 15.1. The first-order chi connectivity index (χ1) is 6.70. The Balaban J connectivity index is 2.34. The first-order valence-electron chi connectivity index (χ1n) is 5.34. The second-order valence-corrected chi connectivity index (χ2v) is 4.06. The smallest absolute Gasteiger partial charge is 0.0681 e. The lowest BCUT2D eigenvalue weighted by atomic mass is 9.97. The third-order valence-electron chi connectivity index (χ3n) is 2.64. The molecule has 0 saturated carbocycles. The van der Waals surface area contributed by atoms with Crippen LogP contribution in [-0.2, 0) is 0 Å². The molecule has 1 rings (SSSR count). The van der Waals surface area contributed by atoms with Crippen molar-refractivity contribution < 1.29 is 0 Å². The topological polar surface area (TPSA) is 3.24 Å².